The van der Waals surface area contributed by atoms with Gasteiger partial charge in [-0.2, -0.15) is 0 Å². The second-order valence-electron chi connectivity index (χ2n) is 5.42. The summed E-state index contributed by atoms with van der Waals surface area (Å²) in [5, 5.41) is 2.76. The van der Waals surface area contributed by atoms with E-state index in [0.29, 0.717) is 12.5 Å². The molecule has 0 aliphatic heterocycles. The largest absolute Gasteiger partial charge is 0.310 e. The Bertz CT molecular complexity index is 1020. The van der Waals surface area contributed by atoms with Crippen LogP contribution in [0.3, 0.4) is 0 Å². The average Bonchev–Trinajstić information content (AvgIpc) is 2.91. The minimum Gasteiger partial charge on any atom is -0.310 e. The molecule has 7 heteroatoms. The van der Waals surface area contributed by atoms with E-state index in [-0.39, 0.29) is 10.5 Å². The molecule has 0 saturated carbocycles. The van der Waals surface area contributed by atoms with Crippen molar-refractivity contribution in [1.82, 2.24) is 9.55 Å². The van der Waals surface area contributed by atoms with E-state index in [4.69, 9.17) is 0 Å². The Hall–Kier alpha value is -2.67. The minimum absolute atomic E-state index is 0.110. The summed E-state index contributed by atoms with van der Waals surface area (Å²) in [5.74, 6) is 0.0407. The fourth-order valence-corrected chi connectivity index (χ4v) is 3.20. The number of aryl methyl sites for hydroxylation is 1. The maximum Gasteiger partial charge on any atom is 0.258 e. The number of anilines is 1. The number of benzene rings is 2. The van der Waals surface area contributed by atoms with Crippen molar-refractivity contribution < 1.29 is 13.2 Å². The zero-order chi connectivity index (χ0) is 17.3. The number of hydrogen-bond acceptors (Lipinski definition) is 4. The van der Waals surface area contributed by atoms with Gasteiger partial charge in [0, 0.05) is 18.4 Å². The van der Waals surface area contributed by atoms with Gasteiger partial charge in [-0.05, 0) is 37.3 Å². The van der Waals surface area contributed by atoms with Gasteiger partial charge >= 0.3 is 0 Å². The van der Waals surface area contributed by atoms with Crippen LogP contribution in [0.25, 0.3) is 11.0 Å². The van der Waals surface area contributed by atoms with Crippen molar-refractivity contribution in [1.29, 1.82) is 0 Å². The van der Waals surface area contributed by atoms with E-state index >= 15 is 0 Å². The molecule has 3 rings (SSSR count). The summed E-state index contributed by atoms with van der Waals surface area (Å²) in [5.41, 5.74) is 1.99. The Kier molecular flexibility index (Phi) is 4.11. The van der Waals surface area contributed by atoms with Crippen molar-refractivity contribution in [2.45, 2.75) is 18.4 Å². The van der Waals surface area contributed by atoms with Gasteiger partial charge < -0.3 is 4.57 Å². The average molecular weight is 343 g/mol. The van der Waals surface area contributed by atoms with E-state index in [0.717, 1.165) is 17.3 Å². The van der Waals surface area contributed by atoms with E-state index in [1.807, 2.05) is 35.8 Å². The number of carbonyl (C=O) groups excluding carboxylic acids is 1. The van der Waals surface area contributed by atoms with E-state index in [2.05, 4.69) is 10.3 Å². The summed E-state index contributed by atoms with van der Waals surface area (Å²) in [6.45, 7) is 2.62. The Morgan fingerprint density at radius 1 is 1.17 bits per heavy atom. The summed E-state index contributed by atoms with van der Waals surface area (Å²) in [6.07, 6.45) is 1.11. The summed E-state index contributed by atoms with van der Waals surface area (Å²) >= 11 is 0. The van der Waals surface area contributed by atoms with Crippen LogP contribution in [-0.2, 0) is 16.4 Å². The van der Waals surface area contributed by atoms with Crippen molar-refractivity contribution >= 4 is 32.7 Å². The highest BCUT2D eigenvalue weighted by Gasteiger charge is 2.15. The fourth-order valence-electron chi connectivity index (χ4n) is 2.53. The molecular formula is C17H17N3O3S. The summed E-state index contributed by atoms with van der Waals surface area (Å²) in [7, 11) is -3.37. The number of imidazole rings is 1. The number of aromatic nitrogens is 2. The summed E-state index contributed by atoms with van der Waals surface area (Å²) in [4.78, 5) is 17.0. The quantitative estimate of drug-likeness (QED) is 0.790. The Labute approximate surface area is 140 Å². The van der Waals surface area contributed by atoms with Gasteiger partial charge in [-0.15, -0.1) is 0 Å². The van der Waals surface area contributed by atoms with Crippen LogP contribution in [0.15, 0.2) is 53.4 Å². The summed E-state index contributed by atoms with van der Waals surface area (Å²) < 4.78 is 25.2. The molecular weight excluding hydrogens is 326 g/mol. The van der Waals surface area contributed by atoms with Crippen LogP contribution in [0.1, 0.15) is 17.3 Å². The highest BCUT2D eigenvalue weighted by Crippen LogP contribution is 2.20. The topological polar surface area (TPSA) is 81.1 Å². The number of hydrogen-bond donors (Lipinski definition) is 1. The van der Waals surface area contributed by atoms with Crippen LogP contribution in [0.5, 0.6) is 0 Å². The van der Waals surface area contributed by atoms with Crippen LogP contribution >= 0.6 is 0 Å². The van der Waals surface area contributed by atoms with Gasteiger partial charge in [-0.3, -0.25) is 10.1 Å². The van der Waals surface area contributed by atoms with Gasteiger partial charge in [0.1, 0.15) is 0 Å². The monoisotopic (exact) mass is 343 g/mol. The number of rotatable bonds is 4. The molecule has 124 valence electrons. The molecule has 1 amide bonds. The molecule has 0 bridgehead atoms. The Balaban J connectivity index is 1.96. The van der Waals surface area contributed by atoms with Crippen LogP contribution < -0.4 is 5.32 Å². The molecule has 6 nitrogen and oxygen atoms in total. The van der Waals surface area contributed by atoms with Gasteiger partial charge in [0.05, 0.1) is 15.9 Å². The van der Waals surface area contributed by atoms with Crippen LogP contribution in [-0.4, -0.2) is 30.1 Å². The van der Waals surface area contributed by atoms with E-state index < -0.39 is 15.7 Å². The highest BCUT2D eigenvalue weighted by molar-refractivity contribution is 7.90. The van der Waals surface area contributed by atoms with Gasteiger partial charge in [-0.25, -0.2) is 13.4 Å². The Morgan fingerprint density at radius 3 is 2.62 bits per heavy atom. The molecule has 0 atom stereocenters. The standard InChI is InChI=1S/C17H17N3O3S/c1-3-20-15-10-5-4-9-14(15)18-17(20)19-16(21)12-7-6-8-13(11-12)24(2,22)23/h4-11H,3H2,1-2H3,(H,18,19,21). The molecule has 1 heterocycles. The number of fused-ring (bicyclic) bond motifs is 1. The van der Waals surface area contributed by atoms with Crippen LogP contribution in [0.4, 0.5) is 5.95 Å². The van der Waals surface area contributed by atoms with Gasteiger partial charge in [0.15, 0.2) is 9.84 Å². The number of carbonyl (C=O) groups is 1. The number of nitrogens with zero attached hydrogens (tertiary/aromatic N) is 2. The van der Waals surface area contributed by atoms with Gasteiger partial charge in [0.2, 0.25) is 5.95 Å². The second kappa shape index (κ2) is 6.09. The van der Waals surface area contributed by atoms with Gasteiger partial charge in [0.25, 0.3) is 5.91 Å². The first-order valence-electron chi connectivity index (χ1n) is 7.47. The molecule has 0 saturated heterocycles. The van der Waals surface area contributed by atoms with Crippen molar-refractivity contribution in [2.75, 3.05) is 11.6 Å². The van der Waals surface area contributed by atoms with Gasteiger partial charge in [-0.1, -0.05) is 18.2 Å². The minimum atomic E-state index is -3.37. The zero-order valence-electron chi connectivity index (χ0n) is 13.4. The maximum atomic E-state index is 12.5. The van der Waals surface area contributed by atoms with Crippen molar-refractivity contribution in [3.63, 3.8) is 0 Å². The van der Waals surface area contributed by atoms with Crippen LogP contribution in [0.2, 0.25) is 0 Å². The smallest absolute Gasteiger partial charge is 0.258 e. The molecule has 0 unspecified atom stereocenters. The molecule has 0 aliphatic rings. The number of sulfone groups is 1. The second-order valence-corrected chi connectivity index (χ2v) is 7.44. The lowest BCUT2D eigenvalue weighted by Gasteiger charge is -2.08. The number of amides is 1. The fraction of sp³-hybridized carbons (Fsp3) is 0.176. The lowest BCUT2D eigenvalue weighted by molar-refractivity contribution is 0.102. The predicted octanol–water partition coefficient (Wildman–Crippen LogP) is 2.71. The molecule has 1 N–H and O–H groups in total. The first-order chi connectivity index (χ1) is 11.4. The molecule has 0 radical (unpaired) electrons. The molecule has 3 aromatic rings. The Morgan fingerprint density at radius 2 is 1.92 bits per heavy atom. The van der Waals surface area contributed by atoms with E-state index in [1.165, 1.54) is 12.1 Å². The first kappa shape index (κ1) is 16.2. The molecule has 2 aromatic carbocycles. The SMILES string of the molecule is CCn1c(NC(=O)c2cccc(S(C)(=O)=O)c2)nc2ccccc21. The molecule has 24 heavy (non-hydrogen) atoms. The number of para-hydroxylation sites is 2. The zero-order valence-corrected chi connectivity index (χ0v) is 14.2. The van der Waals surface area contributed by atoms with Crippen LogP contribution in [0, 0.1) is 0 Å². The van der Waals surface area contributed by atoms with E-state index in [1.54, 1.807) is 12.1 Å². The molecule has 0 aliphatic carbocycles. The molecule has 0 fully saturated rings. The predicted molar refractivity (Wildman–Crippen MR) is 92.9 cm³/mol. The maximum absolute atomic E-state index is 12.5. The first-order valence-corrected chi connectivity index (χ1v) is 9.36. The van der Waals surface area contributed by atoms with Crippen molar-refractivity contribution in [3.8, 4) is 0 Å². The lowest BCUT2D eigenvalue weighted by Crippen LogP contribution is -2.16. The lowest BCUT2D eigenvalue weighted by atomic mass is 10.2. The third-order valence-corrected chi connectivity index (χ3v) is 4.83. The normalized spacial score (nSPS) is 11.6. The third kappa shape index (κ3) is 3.03. The van der Waals surface area contributed by atoms with Crippen molar-refractivity contribution in [2.24, 2.45) is 0 Å². The van der Waals surface area contributed by atoms with E-state index in [9.17, 15) is 13.2 Å². The van der Waals surface area contributed by atoms with Crippen molar-refractivity contribution in [3.05, 3.63) is 54.1 Å². The molecule has 1 aromatic heterocycles. The summed E-state index contributed by atoms with van der Waals surface area (Å²) in [6, 6.07) is 13.6. The highest BCUT2D eigenvalue weighted by atomic mass is 32.2. The molecule has 0 spiro atoms. The number of nitrogens with one attached hydrogen (secondary N) is 1. The third-order valence-electron chi connectivity index (χ3n) is 3.72.